The molecule has 0 saturated carbocycles. The molecule has 0 radical (unpaired) electrons. The lowest BCUT2D eigenvalue weighted by Crippen LogP contribution is -2.29. The molecule has 1 aromatic carbocycles. The Bertz CT molecular complexity index is 569. The van der Waals surface area contributed by atoms with Gasteiger partial charge in [0.05, 0.1) is 12.2 Å². The zero-order valence-corrected chi connectivity index (χ0v) is 10.1. The number of nitrogens with one attached hydrogen (secondary N) is 1. The van der Waals surface area contributed by atoms with Crippen molar-refractivity contribution in [1.29, 1.82) is 0 Å². The van der Waals surface area contributed by atoms with E-state index in [4.69, 9.17) is 15.0 Å². The highest BCUT2D eigenvalue weighted by atomic mass is 19.1. The van der Waals surface area contributed by atoms with Gasteiger partial charge in [0, 0.05) is 5.56 Å². The molecule has 100 valence electrons. The van der Waals surface area contributed by atoms with Crippen molar-refractivity contribution < 1.29 is 18.3 Å². The number of ether oxygens (including phenoxy) is 1. The zero-order chi connectivity index (χ0) is 13.7. The van der Waals surface area contributed by atoms with Crippen LogP contribution in [0.3, 0.4) is 0 Å². The number of hydrazine groups is 1. The van der Waals surface area contributed by atoms with E-state index in [1.165, 1.54) is 18.4 Å². The first-order valence-corrected chi connectivity index (χ1v) is 5.60. The molecule has 0 aliphatic rings. The molecule has 0 aliphatic carbocycles. The summed E-state index contributed by atoms with van der Waals surface area (Å²) < 4.78 is 23.7. The number of carbonyl (C=O) groups is 1. The number of rotatable bonds is 5. The van der Waals surface area contributed by atoms with E-state index in [0.29, 0.717) is 16.9 Å². The largest absolute Gasteiger partial charge is 0.466 e. The standard InChI is InChI=1S/C13H13FN2O3/c14-12-4-2-1-3-9(12)6-18-8-11-5-10(7-19-11)13(17)16-15/h1-5,7H,6,8,15H2,(H,16,17). The van der Waals surface area contributed by atoms with E-state index in [1.807, 2.05) is 5.43 Å². The number of nitrogens with two attached hydrogens (primary N) is 1. The van der Waals surface area contributed by atoms with E-state index in [2.05, 4.69) is 0 Å². The Morgan fingerprint density at radius 1 is 1.37 bits per heavy atom. The second kappa shape index (κ2) is 6.12. The quantitative estimate of drug-likeness (QED) is 0.490. The van der Waals surface area contributed by atoms with Crippen molar-refractivity contribution in [3.05, 3.63) is 59.3 Å². The summed E-state index contributed by atoms with van der Waals surface area (Å²) in [5.41, 5.74) is 2.77. The topological polar surface area (TPSA) is 77.5 Å². The Morgan fingerprint density at radius 2 is 2.16 bits per heavy atom. The SMILES string of the molecule is NNC(=O)c1coc(COCc2ccccc2F)c1. The molecule has 1 amide bonds. The van der Waals surface area contributed by atoms with E-state index < -0.39 is 5.91 Å². The van der Waals surface area contributed by atoms with Crippen molar-refractivity contribution in [3.63, 3.8) is 0 Å². The van der Waals surface area contributed by atoms with E-state index in [-0.39, 0.29) is 19.0 Å². The number of furan rings is 1. The maximum atomic E-state index is 13.3. The smallest absolute Gasteiger partial charge is 0.268 e. The summed E-state index contributed by atoms with van der Waals surface area (Å²) in [7, 11) is 0. The van der Waals surface area contributed by atoms with Gasteiger partial charge in [0.1, 0.15) is 24.4 Å². The molecule has 3 N–H and O–H groups in total. The molecule has 2 rings (SSSR count). The third-order valence-electron chi connectivity index (χ3n) is 2.51. The van der Waals surface area contributed by atoms with Crippen LogP contribution < -0.4 is 11.3 Å². The van der Waals surface area contributed by atoms with Gasteiger partial charge in [0.25, 0.3) is 5.91 Å². The van der Waals surface area contributed by atoms with Crippen LogP contribution in [-0.2, 0) is 18.0 Å². The Balaban J connectivity index is 1.88. The fourth-order valence-electron chi connectivity index (χ4n) is 1.54. The highest BCUT2D eigenvalue weighted by molar-refractivity contribution is 5.93. The molecule has 1 heterocycles. The number of hydrogen-bond acceptors (Lipinski definition) is 4. The number of benzene rings is 1. The van der Waals surface area contributed by atoms with Gasteiger partial charge < -0.3 is 9.15 Å². The molecular formula is C13H13FN2O3. The maximum Gasteiger partial charge on any atom is 0.268 e. The second-order valence-corrected chi connectivity index (χ2v) is 3.86. The number of carbonyl (C=O) groups excluding carboxylic acids is 1. The van der Waals surface area contributed by atoms with Gasteiger partial charge in [0.15, 0.2) is 0 Å². The number of hydrogen-bond donors (Lipinski definition) is 2. The summed E-state index contributed by atoms with van der Waals surface area (Å²) in [5.74, 6) is 4.70. The van der Waals surface area contributed by atoms with Crippen LogP contribution in [0.2, 0.25) is 0 Å². The predicted octanol–water partition coefficient (Wildman–Crippen LogP) is 1.74. The van der Waals surface area contributed by atoms with Crippen molar-refractivity contribution in [3.8, 4) is 0 Å². The molecule has 0 fully saturated rings. The molecule has 0 saturated heterocycles. The van der Waals surface area contributed by atoms with Gasteiger partial charge in [-0.05, 0) is 12.1 Å². The van der Waals surface area contributed by atoms with Gasteiger partial charge in [-0.25, -0.2) is 10.2 Å². The Labute approximate surface area is 109 Å². The van der Waals surface area contributed by atoms with Gasteiger partial charge >= 0.3 is 0 Å². The minimum absolute atomic E-state index is 0.131. The first-order valence-electron chi connectivity index (χ1n) is 5.60. The molecule has 0 unspecified atom stereocenters. The first-order chi connectivity index (χ1) is 9.20. The van der Waals surface area contributed by atoms with Crippen LogP contribution in [0.4, 0.5) is 4.39 Å². The fraction of sp³-hybridized carbons (Fsp3) is 0.154. The van der Waals surface area contributed by atoms with E-state index in [9.17, 15) is 9.18 Å². The Hall–Kier alpha value is -2.18. The summed E-state index contributed by atoms with van der Waals surface area (Å²) in [5, 5.41) is 0. The van der Waals surface area contributed by atoms with Crippen LogP contribution >= 0.6 is 0 Å². The Morgan fingerprint density at radius 3 is 2.89 bits per heavy atom. The molecule has 0 aliphatic heterocycles. The molecule has 2 aromatic rings. The third kappa shape index (κ3) is 3.40. The van der Waals surface area contributed by atoms with Crippen LogP contribution in [-0.4, -0.2) is 5.91 Å². The van der Waals surface area contributed by atoms with E-state index in [0.717, 1.165) is 0 Å². The highest BCUT2D eigenvalue weighted by Crippen LogP contribution is 2.12. The zero-order valence-electron chi connectivity index (χ0n) is 10.1. The minimum Gasteiger partial charge on any atom is -0.466 e. The average Bonchev–Trinajstić information content (AvgIpc) is 2.89. The molecule has 5 nitrogen and oxygen atoms in total. The highest BCUT2D eigenvalue weighted by Gasteiger charge is 2.09. The summed E-state index contributed by atoms with van der Waals surface area (Å²) >= 11 is 0. The van der Waals surface area contributed by atoms with Crippen molar-refractivity contribution in [2.75, 3.05) is 0 Å². The second-order valence-electron chi connectivity index (χ2n) is 3.86. The van der Waals surface area contributed by atoms with Crippen LogP contribution in [0, 0.1) is 5.82 Å². The van der Waals surface area contributed by atoms with Crippen molar-refractivity contribution in [1.82, 2.24) is 5.43 Å². The van der Waals surface area contributed by atoms with Gasteiger partial charge in [-0.3, -0.25) is 10.2 Å². The fourth-order valence-corrected chi connectivity index (χ4v) is 1.54. The molecule has 0 spiro atoms. The minimum atomic E-state index is -0.441. The van der Waals surface area contributed by atoms with Crippen LogP contribution in [0.25, 0.3) is 0 Å². The summed E-state index contributed by atoms with van der Waals surface area (Å²) in [4.78, 5) is 11.2. The summed E-state index contributed by atoms with van der Waals surface area (Å²) in [6.07, 6.45) is 1.28. The number of nitrogen functional groups attached to an aromatic ring is 1. The number of halogens is 1. The lowest BCUT2D eigenvalue weighted by Gasteiger charge is -2.03. The molecule has 19 heavy (non-hydrogen) atoms. The predicted molar refractivity (Wildman–Crippen MR) is 65.3 cm³/mol. The van der Waals surface area contributed by atoms with E-state index in [1.54, 1.807) is 18.2 Å². The van der Waals surface area contributed by atoms with Crippen LogP contribution in [0.5, 0.6) is 0 Å². The molecule has 0 bridgehead atoms. The van der Waals surface area contributed by atoms with E-state index >= 15 is 0 Å². The average molecular weight is 264 g/mol. The summed E-state index contributed by atoms with van der Waals surface area (Å²) in [6.45, 7) is 0.276. The lowest BCUT2D eigenvalue weighted by atomic mass is 10.2. The van der Waals surface area contributed by atoms with Crippen LogP contribution in [0.1, 0.15) is 21.7 Å². The third-order valence-corrected chi connectivity index (χ3v) is 2.51. The first kappa shape index (κ1) is 13.3. The summed E-state index contributed by atoms with van der Waals surface area (Å²) in [6, 6.07) is 7.88. The molecule has 6 heteroatoms. The lowest BCUT2D eigenvalue weighted by molar-refractivity contribution is 0.0909. The van der Waals surface area contributed by atoms with Crippen molar-refractivity contribution in [2.45, 2.75) is 13.2 Å². The molecule has 0 atom stereocenters. The van der Waals surface area contributed by atoms with Gasteiger partial charge in [-0.1, -0.05) is 18.2 Å². The number of amides is 1. The van der Waals surface area contributed by atoms with Crippen molar-refractivity contribution in [2.24, 2.45) is 5.84 Å². The van der Waals surface area contributed by atoms with Gasteiger partial charge in [0.2, 0.25) is 0 Å². The monoisotopic (exact) mass is 264 g/mol. The normalized spacial score (nSPS) is 10.4. The van der Waals surface area contributed by atoms with Gasteiger partial charge in [-0.15, -0.1) is 0 Å². The molecule has 1 aromatic heterocycles. The van der Waals surface area contributed by atoms with Gasteiger partial charge in [-0.2, -0.15) is 0 Å². The van der Waals surface area contributed by atoms with Crippen LogP contribution in [0.15, 0.2) is 41.0 Å². The maximum absolute atomic E-state index is 13.3. The Kier molecular flexibility index (Phi) is 4.27. The van der Waals surface area contributed by atoms with Crippen molar-refractivity contribution >= 4 is 5.91 Å². The molecular weight excluding hydrogens is 251 g/mol.